The van der Waals surface area contributed by atoms with Crippen LogP contribution in [0.25, 0.3) is 11.0 Å². The number of para-hydroxylation sites is 2. The molecule has 4 aromatic rings. The van der Waals surface area contributed by atoms with Gasteiger partial charge >= 0.3 is 0 Å². The van der Waals surface area contributed by atoms with Crippen molar-refractivity contribution in [3.8, 4) is 11.5 Å². The van der Waals surface area contributed by atoms with Crippen molar-refractivity contribution in [2.45, 2.75) is 19.6 Å². The molecule has 4 nitrogen and oxygen atoms in total. The Morgan fingerprint density at radius 2 is 1.77 bits per heavy atom. The Bertz CT molecular complexity index is 1170. The molecule has 0 amide bonds. The number of rotatable bonds is 8. The largest absolute Gasteiger partial charge is 0.493 e. The summed E-state index contributed by atoms with van der Waals surface area (Å²) in [6.07, 6.45) is 2.65. The Morgan fingerprint density at radius 1 is 1.00 bits per heavy atom. The maximum atomic E-state index is 6.12. The van der Waals surface area contributed by atoms with Crippen LogP contribution in [-0.4, -0.2) is 16.7 Å². The lowest BCUT2D eigenvalue weighted by Crippen LogP contribution is -2.09. The van der Waals surface area contributed by atoms with Crippen molar-refractivity contribution in [1.29, 1.82) is 0 Å². The Hall–Kier alpha value is -3.24. The molecular weight excluding hydrogens is 396 g/mol. The van der Waals surface area contributed by atoms with Gasteiger partial charge in [-0.05, 0) is 53.9 Å². The second kappa shape index (κ2) is 9.06. The highest BCUT2D eigenvalue weighted by Gasteiger charge is 2.13. The number of aromatic nitrogens is 2. The number of imidazole rings is 1. The van der Waals surface area contributed by atoms with Crippen molar-refractivity contribution >= 4 is 22.6 Å². The van der Waals surface area contributed by atoms with Gasteiger partial charge in [0.05, 0.1) is 18.1 Å². The van der Waals surface area contributed by atoms with E-state index >= 15 is 0 Å². The highest BCUT2D eigenvalue weighted by Crippen LogP contribution is 2.29. The molecule has 0 saturated carbocycles. The minimum absolute atomic E-state index is 0.333. The van der Waals surface area contributed by atoms with Gasteiger partial charge < -0.3 is 14.0 Å². The molecule has 0 bridgehead atoms. The number of nitrogens with zero attached hydrogens (tertiary/aromatic N) is 2. The molecule has 0 unspecified atom stereocenters. The quantitative estimate of drug-likeness (QED) is 0.326. The number of methoxy groups -OCH3 is 1. The van der Waals surface area contributed by atoms with Gasteiger partial charge in [0.25, 0.3) is 0 Å². The summed E-state index contributed by atoms with van der Waals surface area (Å²) >= 11 is 6.04. The summed E-state index contributed by atoms with van der Waals surface area (Å²) in [5.74, 6) is 2.24. The van der Waals surface area contributed by atoms with Crippen LogP contribution in [0.1, 0.15) is 17.0 Å². The van der Waals surface area contributed by atoms with Gasteiger partial charge in [0.1, 0.15) is 12.4 Å². The van der Waals surface area contributed by atoms with Gasteiger partial charge in [-0.3, -0.25) is 0 Å². The molecule has 1 aromatic heterocycles. The summed E-state index contributed by atoms with van der Waals surface area (Å²) in [7, 11) is 1.65. The number of ether oxygens (including phenoxy) is 2. The van der Waals surface area contributed by atoms with Crippen LogP contribution in [0, 0.1) is 0 Å². The summed E-state index contributed by atoms with van der Waals surface area (Å²) in [6, 6.07) is 21.9. The first-order valence-corrected chi connectivity index (χ1v) is 10.1. The van der Waals surface area contributed by atoms with E-state index < -0.39 is 0 Å². The fourth-order valence-electron chi connectivity index (χ4n) is 3.45. The number of allylic oxidation sites excluding steroid dienone is 1. The molecule has 0 spiro atoms. The van der Waals surface area contributed by atoms with E-state index in [0.29, 0.717) is 24.7 Å². The zero-order chi connectivity index (χ0) is 20.9. The lowest BCUT2D eigenvalue weighted by molar-refractivity contribution is 0.272. The van der Waals surface area contributed by atoms with Crippen LogP contribution in [0.2, 0.25) is 5.02 Å². The summed E-state index contributed by atoms with van der Waals surface area (Å²) in [6.45, 7) is 4.81. The maximum absolute atomic E-state index is 6.12. The Labute approximate surface area is 181 Å². The number of benzene rings is 3. The fraction of sp³-hybridized carbons (Fsp3) is 0.160. The van der Waals surface area contributed by atoms with E-state index in [1.807, 2.05) is 66.7 Å². The molecule has 3 aromatic carbocycles. The number of fused-ring (bicyclic) bond motifs is 1. The highest BCUT2D eigenvalue weighted by molar-refractivity contribution is 6.30. The summed E-state index contributed by atoms with van der Waals surface area (Å²) in [4.78, 5) is 4.80. The molecule has 4 rings (SSSR count). The van der Waals surface area contributed by atoms with Gasteiger partial charge in [-0.15, -0.1) is 6.58 Å². The van der Waals surface area contributed by atoms with Crippen LogP contribution in [-0.2, 0) is 19.6 Å². The number of halogens is 1. The van der Waals surface area contributed by atoms with Crippen LogP contribution in [0.3, 0.4) is 0 Å². The van der Waals surface area contributed by atoms with E-state index in [1.165, 1.54) is 0 Å². The molecule has 30 heavy (non-hydrogen) atoms. The van der Waals surface area contributed by atoms with E-state index in [1.54, 1.807) is 7.11 Å². The van der Waals surface area contributed by atoms with Crippen LogP contribution < -0.4 is 9.47 Å². The van der Waals surface area contributed by atoms with E-state index in [2.05, 4.69) is 17.2 Å². The molecule has 0 aliphatic rings. The van der Waals surface area contributed by atoms with Gasteiger partial charge in [0.15, 0.2) is 11.5 Å². The molecule has 0 aliphatic carbocycles. The molecule has 0 N–H and O–H groups in total. The van der Waals surface area contributed by atoms with Gasteiger partial charge in [-0.25, -0.2) is 4.98 Å². The lowest BCUT2D eigenvalue weighted by Gasteiger charge is -2.13. The minimum Gasteiger partial charge on any atom is -0.493 e. The standard InChI is InChI=1S/C25H23ClN2O2/c1-3-6-18-11-14-23(24(15-18)29-2)30-17-25-27-21-7-4-5-8-22(21)28(25)16-19-9-12-20(26)13-10-19/h3-5,7-15H,1,6,16-17H2,2H3. The molecule has 0 saturated heterocycles. The smallest absolute Gasteiger partial charge is 0.161 e. The number of hydrogen-bond donors (Lipinski definition) is 0. The Balaban J connectivity index is 1.62. The van der Waals surface area contributed by atoms with Crippen LogP contribution >= 0.6 is 11.6 Å². The van der Waals surface area contributed by atoms with Crippen molar-refractivity contribution in [3.05, 3.63) is 101 Å². The predicted octanol–water partition coefficient (Wildman–Crippen LogP) is 6.05. The van der Waals surface area contributed by atoms with Crippen molar-refractivity contribution in [2.24, 2.45) is 0 Å². The van der Waals surface area contributed by atoms with E-state index in [9.17, 15) is 0 Å². The van der Waals surface area contributed by atoms with Gasteiger partial charge in [-0.2, -0.15) is 0 Å². The third kappa shape index (κ3) is 4.34. The van der Waals surface area contributed by atoms with Crippen molar-refractivity contribution in [2.75, 3.05) is 7.11 Å². The normalized spacial score (nSPS) is 10.9. The fourth-order valence-corrected chi connectivity index (χ4v) is 3.58. The van der Waals surface area contributed by atoms with E-state index in [4.69, 9.17) is 26.1 Å². The molecule has 0 fully saturated rings. The van der Waals surface area contributed by atoms with Crippen LogP contribution in [0.4, 0.5) is 0 Å². The van der Waals surface area contributed by atoms with Gasteiger partial charge in [-0.1, -0.05) is 48.0 Å². The average Bonchev–Trinajstić information content (AvgIpc) is 3.12. The third-order valence-corrected chi connectivity index (χ3v) is 5.20. The highest BCUT2D eigenvalue weighted by atomic mass is 35.5. The second-order valence-electron chi connectivity index (χ2n) is 7.00. The summed E-state index contributed by atoms with van der Waals surface area (Å²) in [5.41, 5.74) is 4.29. The zero-order valence-corrected chi connectivity index (χ0v) is 17.6. The lowest BCUT2D eigenvalue weighted by atomic mass is 10.1. The first kappa shape index (κ1) is 20.0. The van der Waals surface area contributed by atoms with Gasteiger partial charge in [0.2, 0.25) is 0 Å². The molecule has 0 atom stereocenters. The Kier molecular flexibility index (Phi) is 6.05. The van der Waals surface area contributed by atoms with Crippen molar-refractivity contribution < 1.29 is 9.47 Å². The molecule has 0 aliphatic heterocycles. The minimum atomic E-state index is 0.333. The second-order valence-corrected chi connectivity index (χ2v) is 7.43. The summed E-state index contributed by atoms with van der Waals surface area (Å²) < 4.78 is 13.8. The monoisotopic (exact) mass is 418 g/mol. The summed E-state index contributed by atoms with van der Waals surface area (Å²) in [5, 5.41) is 0.727. The molecular formula is C25H23ClN2O2. The molecule has 0 radical (unpaired) electrons. The molecule has 152 valence electrons. The Morgan fingerprint density at radius 3 is 2.53 bits per heavy atom. The maximum Gasteiger partial charge on any atom is 0.161 e. The number of hydrogen-bond acceptors (Lipinski definition) is 3. The van der Waals surface area contributed by atoms with Crippen LogP contribution in [0.5, 0.6) is 11.5 Å². The van der Waals surface area contributed by atoms with Crippen molar-refractivity contribution in [3.63, 3.8) is 0 Å². The predicted molar refractivity (Wildman–Crippen MR) is 122 cm³/mol. The van der Waals surface area contributed by atoms with Crippen molar-refractivity contribution in [1.82, 2.24) is 9.55 Å². The SMILES string of the molecule is C=CCc1ccc(OCc2nc3ccccc3n2Cc2ccc(Cl)cc2)c(OC)c1. The molecule has 1 heterocycles. The third-order valence-electron chi connectivity index (χ3n) is 4.95. The first-order valence-electron chi connectivity index (χ1n) is 9.77. The van der Waals surface area contributed by atoms with Crippen LogP contribution in [0.15, 0.2) is 79.4 Å². The first-order chi connectivity index (χ1) is 14.7. The van der Waals surface area contributed by atoms with Gasteiger partial charge in [0, 0.05) is 11.6 Å². The van der Waals surface area contributed by atoms with E-state index in [-0.39, 0.29) is 0 Å². The average molecular weight is 419 g/mol. The van der Waals surface area contributed by atoms with E-state index in [0.717, 1.165) is 39.4 Å². The topological polar surface area (TPSA) is 36.3 Å². The zero-order valence-electron chi connectivity index (χ0n) is 16.8. The molecule has 5 heteroatoms.